The van der Waals surface area contributed by atoms with Crippen LogP contribution in [-0.4, -0.2) is 9.83 Å². The van der Waals surface area contributed by atoms with Crippen LogP contribution in [0.1, 0.15) is 0 Å². The molecule has 2 unspecified atom stereocenters. The topological polar surface area (TPSA) is 26.0 Å². The van der Waals surface area contributed by atoms with Crippen LogP contribution in [0.2, 0.25) is 0 Å². The van der Waals surface area contributed by atoms with Crippen molar-refractivity contribution < 1.29 is 0 Å². The third-order valence-corrected chi connectivity index (χ3v) is 2.66. The first-order chi connectivity index (χ1) is 4.51. The maximum atomic E-state index is 5.90. The SMILES string of the molecule is NC1C=CC(Cl)(Br)C=C1Br. The molecule has 0 bridgehead atoms. The van der Waals surface area contributed by atoms with Crippen LogP contribution < -0.4 is 5.73 Å². The number of hydrogen-bond acceptors (Lipinski definition) is 1. The van der Waals surface area contributed by atoms with Crippen molar-refractivity contribution in [2.45, 2.75) is 9.83 Å². The number of rotatable bonds is 0. The van der Waals surface area contributed by atoms with Crippen LogP contribution >= 0.6 is 43.5 Å². The quantitative estimate of drug-likeness (QED) is 0.537. The van der Waals surface area contributed by atoms with Crippen molar-refractivity contribution in [2.24, 2.45) is 5.73 Å². The average molecular weight is 287 g/mol. The Morgan fingerprint density at radius 1 is 1.70 bits per heavy atom. The molecule has 0 fully saturated rings. The summed E-state index contributed by atoms with van der Waals surface area (Å²) in [6.07, 6.45) is 5.47. The van der Waals surface area contributed by atoms with E-state index in [1.807, 2.05) is 18.2 Å². The van der Waals surface area contributed by atoms with Gasteiger partial charge in [0.2, 0.25) is 0 Å². The Morgan fingerprint density at radius 3 is 2.70 bits per heavy atom. The van der Waals surface area contributed by atoms with Crippen molar-refractivity contribution in [3.05, 3.63) is 22.7 Å². The van der Waals surface area contributed by atoms with Crippen molar-refractivity contribution in [3.8, 4) is 0 Å². The zero-order chi connectivity index (χ0) is 7.78. The van der Waals surface area contributed by atoms with E-state index in [0.717, 1.165) is 4.48 Å². The minimum absolute atomic E-state index is 0.0515. The summed E-state index contributed by atoms with van der Waals surface area (Å²) in [4.78, 5) is 0. The third kappa shape index (κ3) is 2.09. The van der Waals surface area contributed by atoms with E-state index in [1.54, 1.807) is 0 Å². The van der Waals surface area contributed by atoms with Crippen LogP contribution in [-0.2, 0) is 0 Å². The fraction of sp³-hybridized carbons (Fsp3) is 0.333. The van der Waals surface area contributed by atoms with Crippen molar-refractivity contribution in [2.75, 3.05) is 0 Å². The van der Waals surface area contributed by atoms with E-state index in [9.17, 15) is 0 Å². The zero-order valence-electron chi connectivity index (χ0n) is 5.02. The van der Waals surface area contributed by atoms with Gasteiger partial charge in [-0.05, 0) is 6.08 Å². The summed E-state index contributed by atoms with van der Waals surface area (Å²) in [7, 11) is 0. The molecule has 1 rings (SSSR count). The number of nitrogens with two attached hydrogens (primary N) is 1. The largest absolute Gasteiger partial charge is 0.320 e. The lowest BCUT2D eigenvalue weighted by atomic mass is 10.1. The first-order valence-corrected chi connectivity index (χ1v) is 4.69. The molecular weight excluding hydrogens is 281 g/mol. The molecule has 2 atom stereocenters. The van der Waals surface area contributed by atoms with Crippen molar-refractivity contribution >= 4 is 43.5 Å². The van der Waals surface area contributed by atoms with Gasteiger partial charge >= 0.3 is 0 Å². The highest BCUT2D eigenvalue weighted by Gasteiger charge is 2.22. The van der Waals surface area contributed by atoms with E-state index in [1.165, 1.54) is 0 Å². The number of halogens is 3. The van der Waals surface area contributed by atoms with Gasteiger partial charge in [0, 0.05) is 4.48 Å². The maximum absolute atomic E-state index is 5.90. The highest BCUT2D eigenvalue weighted by molar-refractivity contribution is 9.12. The summed E-state index contributed by atoms with van der Waals surface area (Å²) >= 11 is 12.5. The lowest BCUT2D eigenvalue weighted by Crippen LogP contribution is -2.23. The Bertz CT molecular complexity index is 198. The Morgan fingerprint density at radius 2 is 2.30 bits per heavy atom. The van der Waals surface area contributed by atoms with Crippen LogP contribution in [0.3, 0.4) is 0 Å². The summed E-state index contributed by atoms with van der Waals surface area (Å²) in [5.74, 6) is 0. The molecule has 0 aliphatic heterocycles. The first kappa shape index (κ1) is 8.78. The number of hydrogen-bond donors (Lipinski definition) is 1. The summed E-state index contributed by atoms with van der Waals surface area (Å²) in [6, 6.07) is -0.0515. The molecule has 0 aromatic heterocycles. The van der Waals surface area contributed by atoms with Gasteiger partial charge in [-0.25, -0.2) is 0 Å². The van der Waals surface area contributed by atoms with Crippen LogP contribution in [0.25, 0.3) is 0 Å². The fourth-order valence-corrected chi connectivity index (χ4v) is 2.19. The summed E-state index contributed by atoms with van der Waals surface area (Å²) in [5, 5.41) is 0. The monoisotopic (exact) mass is 285 g/mol. The molecule has 0 amide bonds. The molecule has 4 heteroatoms. The molecule has 0 spiro atoms. The first-order valence-electron chi connectivity index (χ1n) is 2.72. The molecule has 56 valence electrons. The molecule has 1 aliphatic rings. The van der Waals surface area contributed by atoms with Gasteiger partial charge in [-0.15, -0.1) is 0 Å². The van der Waals surface area contributed by atoms with Gasteiger partial charge in [-0.2, -0.15) is 0 Å². The molecule has 0 aromatic carbocycles. The second-order valence-electron chi connectivity index (χ2n) is 2.09. The van der Waals surface area contributed by atoms with E-state index in [4.69, 9.17) is 17.3 Å². The molecule has 0 radical (unpaired) electrons. The van der Waals surface area contributed by atoms with Crippen molar-refractivity contribution in [1.82, 2.24) is 0 Å². The lowest BCUT2D eigenvalue weighted by Gasteiger charge is -2.18. The average Bonchev–Trinajstić information content (AvgIpc) is 1.79. The highest BCUT2D eigenvalue weighted by atomic mass is 79.9. The van der Waals surface area contributed by atoms with Crippen LogP contribution in [0.4, 0.5) is 0 Å². The molecule has 0 aromatic rings. The minimum Gasteiger partial charge on any atom is -0.320 e. The number of allylic oxidation sites excluding steroid dienone is 2. The maximum Gasteiger partial charge on any atom is 0.136 e. The summed E-state index contributed by atoms with van der Waals surface area (Å²) in [6.45, 7) is 0. The predicted molar refractivity (Wildman–Crippen MR) is 51.6 cm³/mol. The Balaban J connectivity index is 2.85. The molecular formula is C6H6Br2ClN. The smallest absolute Gasteiger partial charge is 0.136 e. The standard InChI is InChI=1S/C6H6Br2ClN/c7-4-3-6(8,9)2-1-5(4)10/h1-3,5H,10H2. The Hall–Kier alpha value is 0.690. The molecule has 1 nitrogen and oxygen atoms in total. The van der Waals surface area contributed by atoms with Crippen molar-refractivity contribution in [3.63, 3.8) is 0 Å². The van der Waals surface area contributed by atoms with E-state index in [-0.39, 0.29) is 6.04 Å². The second kappa shape index (κ2) is 2.97. The van der Waals surface area contributed by atoms with E-state index < -0.39 is 3.78 Å². The van der Waals surface area contributed by atoms with Gasteiger partial charge in [0.05, 0.1) is 6.04 Å². The van der Waals surface area contributed by atoms with Gasteiger partial charge in [0.25, 0.3) is 0 Å². The zero-order valence-corrected chi connectivity index (χ0v) is 8.95. The minimum atomic E-state index is -0.554. The van der Waals surface area contributed by atoms with Gasteiger partial charge in [0.1, 0.15) is 3.78 Å². The lowest BCUT2D eigenvalue weighted by molar-refractivity contribution is 0.974. The molecule has 0 heterocycles. The highest BCUT2D eigenvalue weighted by Crippen LogP contribution is 2.33. The number of alkyl halides is 2. The van der Waals surface area contributed by atoms with Gasteiger partial charge in [0.15, 0.2) is 0 Å². The third-order valence-electron chi connectivity index (χ3n) is 1.17. The van der Waals surface area contributed by atoms with E-state index in [0.29, 0.717) is 0 Å². The van der Waals surface area contributed by atoms with Gasteiger partial charge in [-0.3, -0.25) is 0 Å². The summed E-state index contributed by atoms with van der Waals surface area (Å²) in [5.41, 5.74) is 5.62. The van der Waals surface area contributed by atoms with Gasteiger partial charge in [-0.1, -0.05) is 55.6 Å². The second-order valence-corrected chi connectivity index (χ2v) is 5.40. The van der Waals surface area contributed by atoms with E-state index in [2.05, 4.69) is 31.9 Å². The van der Waals surface area contributed by atoms with Crippen molar-refractivity contribution in [1.29, 1.82) is 0 Å². The summed E-state index contributed by atoms with van der Waals surface area (Å²) < 4.78 is 0.351. The van der Waals surface area contributed by atoms with Crippen LogP contribution in [0.5, 0.6) is 0 Å². The van der Waals surface area contributed by atoms with Crippen LogP contribution in [0, 0.1) is 0 Å². The van der Waals surface area contributed by atoms with E-state index >= 15 is 0 Å². The molecule has 2 N–H and O–H groups in total. The molecule has 10 heavy (non-hydrogen) atoms. The molecule has 0 saturated carbocycles. The van der Waals surface area contributed by atoms with Gasteiger partial charge < -0.3 is 5.73 Å². The molecule has 0 saturated heterocycles. The Kier molecular flexibility index (Phi) is 2.61. The van der Waals surface area contributed by atoms with Crippen LogP contribution in [0.15, 0.2) is 22.7 Å². The molecule has 1 aliphatic carbocycles. The predicted octanol–water partition coefficient (Wildman–Crippen LogP) is 2.49. The fourth-order valence-electron chi connectivity index (χ4n) is 0.652. The normalized spacial score (nSPS) is 39.6. The Labute approximate surface area is 81.6 Å².